The molecule has 4 rings (SSSR count). The van der Waals surface area contributed by atoms with Gasteiger partial charge in [-0.1, -0.05) is 27.7 Å². The van der Waals surface area contributed by atoms with E-state index in [1.165, 1.54) is 0 Å². The van der Waals surface area contributed by atoms with Crippen LogP contribution < -0.4 is 4.74 Å². The van der Waals surface area contributed by atoms with Gasteiger partial charge in [0.25, 0.3) is 0 Å². The number of benzene rings is 2. The molecule has 8 heteroatoms. The second-order valence-electron chi connectivity index (χ2n) is 5.57. The van der Waals surface area contributed by atoms with Crippen LogP contribution in [-0.4, -0.2) is 26.9 Å². The van der Waals surface area contributed by atoms with Crippen LogP contribution in [0.1, 0.15) is 5.89 Å². The number of aromatic nitrogens is 4. The number of halogens is 1. The Morgan fingerprint density at radius 1 is 1.07 bits per heavy atom. The molecule has 0 aliphatic carbocycles. The Kier molecular flexibility index (Phi) is 5.26. The summed E-state index contributed by atoms with van der Waals surface area (Å²) in [7, 11) is 1.63. The molecule has 27 heavy (non-hydrogen) atoms. The molecule has 0 spiro atoms. The summed E-state index contributed by atoms with van der Waals surface area (Å²) >= 11 is 5.00. The predicted octanol–water partition coefficient (Wildman–Crippen LogP) is 4.99. The number of rotatable bonds is 6. The Morgan fingerprint density at radius 3 is 2.59 bits per heavy atom. The van der Waals surface area contributed by atoms with E-state index < -0.39 is 0 Å². The molecule has 0 unspecified atom stereocenters. The standard InChI is InChI=1S/C19H15BrN4O2S/c1-25-16-8-2-13(3-9-16)18-23-22-17(26-18)12-27-19-21-10-11-24(19)15-6-4-14(20)5-7-15/h2-11H,12H2,1H3. The fourth-order valence-corrected chi connectivity index (χ4v) is 3.56. The zero-order chi connectivity index (χ0) is 18.6. The first-order valence-electron chi connectivity index (χ1n) is 8.12. The zero-order valence-electron chi connectivity index (χ0n) is 14.4. The van der Waals surface area contributed by atoms with Crippen molar-refractivity contribution in [3.63, 3.8) is 0 Å². The highest BCUT2D eigenvalue weighted by atomic mass is 79.9. The summed E-state index contributed by atoms with van der Waals surface area (Å²) in [6, 6.07) is 15.6. The SMILES string of the molecule is COc1ccc(-c2nnc(CSc3nccn3-c3ccc(Br)cc3)o2)cc1. The highest BCUT2D eigenvalue weighted by Gasteiger charge is 2.12. The molecule has 0 saturated carbocycles. The van der Waals surface area contributed by atoms with Crippen LogP contribution in [0.2, 0.25) is 0 Å². The van der Waals surface area contributed by atoms with E-state index in [-0.39, 0.29) is 0 Å². The van der Waals surface area contributed by atoms with Gasteiger partial charge in [-0.15, -0.1) is 10.2 Å². The molecular weight excluding hydrogens is 428 g/mol. The molecule has 2 aromatic heterocycles. The van der Waals surface area contributed by atoms with Crippen molar-refractivity contribution in [2.24, 2.45) is 0 Å². The van der Waals surface area contributed by atoms with E-state index in [1.54, 1.807) is 25.1 Å². The van der Waals surface area contributed by atoms with Crippen molar-refractivity contribution in [3.05, 3.63) is 71.3 Å². The van der Waals surface area contributed by atoms with Gasteiger partial charge in [-0.2, -0.15) is 0 Å². The van der Waals surface area contributed by atoms with Gasteiger partial charge in [-0.25, -0.2) is 4.98 Å². The summed E-state index contributed by atoms with van der Waals surface area (Å²) in [4.78, 5) is 4.42. The first-order chi connectivity index (χ1) is 13.2. The number of methoxy groups -OCH3 is 1. The van der Waals surface area contributed by atoms with Gasteiger partial charge in [-0.3, -0.25) is 4.57 Å². The molecule has 4 aromatic rings. The Hall–Kier alpha value is -2.58. The highest BCUT2D eigenvalue weighted by molar-refractivity contribution is 9.10. The number of hydrogen-bond donors (Lipinski definition) is 0. The largest absolute Gasteiger partial charge is 0.497 e. The number of thioether (sulfide) groups is 1. The van der Waals surface area contributed by atoms with Gasteiger partial charge in [-0.05, 0) is 48.5 Å². The summed E-state index contributed by atoms with van der Waals surface area (Å²) in [6.07, 6.45) is 3.71. The van der Waals surface area contributed by atoms with Crippen molar-refractivity contribution in [1.82, 2.24) is 19.7 Å². The van der Waals surface area contributed by atoms with E-state index in [9.17, 15) is 0 Å². The minimum Gasteiger partial charge on any atom is -0.497 e. The molecule has 0 atom stereocenters. The van der Waals surface area contributed by atoms with Crippen LogP contribution in [0.15, 0.2) is 75.0 Å². The van der Waals surface area contributed by atoms with Crippen LogP contribution >= 0.6 is 27.7 Å². The van der Waals surface area contributed by atoms with Crippen molar-refractivity contribution in [1.29, 1.82) is 0 Å². The maximum Gasteiger partial charge on any atom is 0.247 e. The summed E-state index contributed by atoms with van der Waals surface area (Å²) in [5.74, 6) is 2.37. The van der Waals surface area contributed by atoms with Crippen LogP contribution in [0.4, 0.5) is 0 Å². The van der Waals surface area contributed by atoms with E-state index in [2.05, 4.69) is 31.1 Å². The minimum atomic E-state index is 0.490. The lowest BCUT2D eigenvalue weighted by Crippen LogP contribution is -1.95. The Labute approximate surface area is 168 Å². The molecule has 0 radical (unpaired) electrons. The lowest BCUT2D eigenvalue weighted by atomic mass is 10.2. The average Bonchev–Trinajstić information content (AvgIpc) is 3.36. The molecule has 0 fully saturated rings. The normalized spacial score (nSPS) is 10.9. The van der Waals surface area contributed by atoms with Gasteiger partial charge in [0.05, 0.1) is 12.9 Å². The maximum absolute atomic E-state index is 5.78. The molecule has 0 N–H and O–H groups in total. The van der Waals surface area contributed by atoms with Gasteiger partial charge >= 0.3 is 0 Å². The quantitative estimate of drug-likeness (QED) is 0.392. The Morgan fingerprint density at radius 2 is 1.85 bits per heavy atom. The third kappa shape index (κ3) is 4.06. The monoisotopic (exact) mass is 442 g/mol. The predicted molar refractivity (Wildman–Crippen MR) is 107 cm³/mol. The molecule has 2 aromatic carbocycles. The van der Waals surface area contributed by atoms with Gasteiger partial charge in [0, 0.05) is 28.1 Å². The highest BCUT2D eigenvalue weighted by Crippen LogP contribution is 2.26. The molecule has 0 aliphatic rings. The third-order valence-corrected chi connectivity index (χ3v) is 5.32. The maximum atomic E-state index is 5.78. The van der Waals surface area contributed by atoms with Gasteiger partial charge in [0.1, 0.15) is 5.75 Å². The number of nitrogens with zero attached hydrogens (tertiary/aromatic N) is 4. The summed E-state index contributed by atoms with van der Waals surface area (Å²) in [5, 5.41) is 9.13. The fourth-order valence-electron chi connectivity index (χ4n) is 2.48. The van der Waals surface area contributed by atoms with Crippen molar-refractivity contribution >= 4 is 27.7 Å². The molecule has 0 amide bonds. The molecule has 0 saturated heterocycles. The lowest BCUT2D eigenvalue weighted by molar-refractivity contribution is 0.415. The molecule has 136 valence electrons. The molecular formula is C19H15BrN4O2S. The minimum absolute atomic E-state index is 0.490. The van der Waals surface area contributed by atoms with Crippen LogP contribution in [0.5, 0.6) is 5.75 Å². The second-order valence-corrected chi connectivity index (χ2v) is 7.43. The van der Waals surface area contributed by atoms with Gasteiger partial charge in [0.15, 0.2) is 5.16 Å². The summed E-state index contributed by atoms with van der Waals surface area (Å²) in [6.45, 7) is 0. The Bertz CT molecular complexity index is 1030. The van der Waals surface area contributed by atoms with E-state index >= 15 is 0 Å². The molecule has 6 nitrogen and oxygen atoms in total. The van der Waals surface area contributed by atoms with Crippen molar-refractivity contribution < 1.29 is 9.15 Å². The van der Waals surface area contributed by atoms with Crippen LogP contribution in [0, 0.1) is 0 Å². The Balaban J connectivity index is 1.46. The number of hydrogen-bond acceptors (Lipinski definition) is 6. The first kappa shape index (κ1) is 17.8. The van der Waals surface area contributed by atoms with Gasteiger partial charge < -0.3 is 9.15 Å². The number of ether oxygens (including phenoxy) is 1. The zero-order valence-corrected chi connectivity index (χ0v) is 16.8. The van der Waals surface area contributed by atoms with Crippen molar-refractivity contribution in [2.75, 3.05) is 7.11 Å². The van der Waals surface area contributed by atoms with Crippen LogP contribution in [0.25, 0.3) is 17.1 Å². The first-order valence-corrected chi connectivity index (χ1v) is 9.90. The molecule has 0 bridgehead atoms. The third-order valence-electron chi connectivity index (χ3n) is 3.84. The van der Waals surface area contributed by atoms with Crippen molar-refractivity contribution in [3.8, 4) is 22.9 Å². The molecule has 2 heterocycles. The summed E-state index contributed by atoms with van der Waals surface area (Å²) < 4.78 is 14.0. The smallest absolute Gasteiger partial charge is 0.247 e. The van der Waals surface area contributed by atoms with E-state index in [4.69, 9.17) is 9.15 Å². The molecule has 0 aliphatic heterocycles. The summed E-state index contributed by atoms with van der Waals surface area (Å²) in [5.41, 5.74) is 1.90. The van der Waals surface area contributed by atoms with E-state index in [1.807, 2.05) is 59.3 Å². The lowest BCUT2D eigenvalue weighted by Gasteiger charge is -2.06. The average molecular weight is 443 g/mol. The number of imidazole rings is 1. The fraction of sp³-hybridized carbons (Fsp3) is 0.105. The van der Waals surface area contributed by atoms with Crippen LogP contribution in [0.3, 0.4) is 0 Å². The van der Waals surface area contributed by atoms with E-state index in [0.717, 1.165) is 26.6 Å². The van der Waals surface area contributed by atoms with Crippen molar-refractivity contribution in [2.45, 2.75) is 10.9 Å². The topological polar surface area (TPSA) is 66.0 Å². The van der Waals surface area contributed by atoms with E-state index in [0.29, 0.717) is 17.5 Å². The second kappa shape index (κ2) is 7.98. The van der Waals surface area contributed by atoms with Gasteiger partial charge in [0.2, 0.25) is 11.8 Å². The van der Waals surface area contributed by atoms with Crippen LogP contribution in [-0.2, 0) is 5.75 Å².